The minimum Gasteiger partial charge on any atom is -0.462 e. The molecule has 0 radical (unpaired) electrons. The van der Waals surface area contributed by atoms with Gasteiger partial charge in [-0.3, -0.25) is 14.6 Å². The Morgan fingerprint density at radius 2 is 1.68 bits per heavy atom. The van der Waals surface area contributed by atoms with E-state index in [1.807, 2.05) is 6.07 Å². The maximum absolute atomic E-state index is 12.8. The van der Waals surface area contributed by atoms with Crippen LogP contribution >= 0.6 is 11.3 Å². The number of pyridine rings is 1. The van der Waals surface area contributed by atoms with Crippen molar-refractivity contribution in [2.24, 2.45) is 0 Å². The fourth-order valence-electron chi connectivity index (χ4n) is 2.94. The second kappa shape index (κ2) is 11.2. The zero-order valence-electron chi connectivity index (χ0n) is 18.8. The molecule has 0 atom stereocenters. The molecular formula is C24H23N3O6S. The van der Waals surface area contributed by atoms with Gasteiger partial charge in [0, 0.05) is 17.6 Å². The van der Waals surface area contributed by atoms with Crippen molar-refractivity contribution in [3.63, 3.8) is 0 Å². The summed E-state index contributed by atoms with van der Waals surface area (Å²) in [5.74, 6) is -2.49. The van der Waals surface area contributed by atoms with Gasteiger partial charge >= 0.3 is 11.9 Å². The van der Waals surface area contributed by atoms with Crippen molar-refractivity contribution in [3.05, 3.63) is 75.9 Å². The van der Waals surface area contributed by atoms with E-state index in [9.17, 15) is 19.2 Å². The number of ether oxygens (including phenoxy) is 2. The number of anilines is 2. The van der Waals surface area contributed by atoms with Crippen LogP contribution in [-0.4, -0.2) is 42.0 Å². The third kappa shape index (κ3) is 6.04. The lowest BCUT2D eigenvalue weighted by atomic mass is 10.1. The van der Waals surface area contributed by atoms with Crippen LogP contribution in [0.4, 0.5) is 10.7 Å². The van der Waals surface area contributed by atoms with Gasteiger partial charge in [-0.1, -0.05) is 18.2 Å². The van der Waals surface area contributed by atoms with E-state index in [1.54, 1.807) is 57.2 Å². The number of hydrogen-bond acceptors (Lipinski definition) is 8. The molecule has 0 fully saturated rings. The molecule has 0 bridgehead atoms. The summed E-state index contributed by atoms with van der Waals surface area (Å²) in [5, 5.41) is 5.44. The Balaban J connectivity index is 1.76. The highest BCUT2D eigenvalue weighted by atomic mass is 32.1. The SMILES string of the molecule is CCOC(=O)c1c(NC(=O)COC(=O)c2ccc(C)nc2)sc(C(=O)Nc2ccccc2)c1C. The molecule has 2 heterocycles. The van der Waals surface area contributed by atoms with Gasteiger partial charge in [-0.05, 0) is 50.6 Å². The smallest absolute Gasteiger partial charge is 0.341 e. The molecule has 0 saturated heterocycles. The molecule has 34 heavy (non-hydrogen) atoms. The summed E-state index contributed by atoms with van der Waals surface area (Å²) in [6.07, 6.45) is 1.36. The van der Waals surface area contributed by atoms with Crippen LogP contribution < -0.4 is 10.6 Å². The number of rotatable bonds is 8. The van der Waals surface area contributed by atoms with E-state index in [1.165, 1.54) is 6.20 Å². The number of para-hydroxylation sites is 1. The van der Waals surface area contributed by atoms with Gasteiger partial charge in [0.1, 0.15) is 5.00 Å². The number of nitrogens with zero attached hydrogens (tertiary/aromatic N) is 1. The van der Waals surface area contributed by atoms with Gasteiger partial charge in [-0.15, -0.1) is 11.3 Å². The van der Waals surface area contributed by atoms with E-state index in [2.05, 4.69) is 15.6 Å². The largest absolute Gasteiger partial charge is 0.462 e. The maximum atomic E-state index is 12.8. The van der Waals surface area contributed by atoms with Crippen LogP contribution in [0.5, 0.6) is 0 Å². The summed E-state index contributed by atoms with van der Waals surface area (Å²) in [6.45, 7) is 4.57. The van der Waals surface area contributed by atoms with Crippen LogP contribution in [0.15, 0.2) is 48.7 Å². The number of carbonyl (C=O) groups excluding carboxylic acids is 4. The quantitative estimate of drug-likeness (QED) is 0.466. The topological polar surface area (TPSA) is 124 Å². The summed E-state index contributed by atoms with van der Waals surface area (Å²) >= 11 is 0.933. The van der Waals surface area contributed by atoms with Gasteiger partial charge in [-0.2, -0.15) is 0 Å². The fraction of sp³-hybridized carbons (Fsp3) is 0.208. The summed E-state index contributed by atoms with van der Waals surface area (Å²) in [6, 6.07) is 12.0. The van der Waals surface area contributed by atoms with Crippen LogP contribution in [0, 0.1) is 13.8 Å². The summed E-state index contributed by atoms with van der Waals surface area (Å²) in [7, 11) is 0. The molecule has 0 aliphatic carbocycles. The molecule has 0 saturated carbocycles. The predicted molar refractivity (Wildman–Crippen MR) is 127 cm³/mol. The van der Waals surface area contributed by atoms with Crippen LogP contribution in [0.3, 0.4) is 0 Å². The Morgan fingerprint density at radius 3 is 2.32 bits per heavy atom. The normalized spacial score (nSPS) is 10.3. The monoisotopic (exact) mass is 481 g/mol. The summed E-state index contributed by atoms with van der Waals surface area (Å²) in [4.78, 5) is 54.2. The van der Waals surface area contributed by atoms with Crippen molar-refractivity contribution in [2.45, 2.75) is 20.8 Å². The number of esters is 2. The predicted octanol–water partition coefficient (Wildman–Crippen LogP) is 3.98. The number of hydrogen-bond donors (Lipinski definition) is 2. The lowest BCUT2D eigenvalue weighted by Crippen LogP contribution is -2.21. The highest BCUT2D eigenvalue weighted by Gasteiger charge is 2.27. The molecule has 0 spiro atoms. The average molecular weight is 482 g/mol. The molecule has 10 heteroatoms. The Kier molecular flexibility index (Phi) is 8.10. The second-order valence-corrected chi connectivity index (χ2v) is 8.13. The minimum atomic E-state index is -0.710. The van der Waals surface area contributed by atoms with Crippen LogP contribution in [0.1, 0.15) is 48.6 Å². The highest BCUT2D eigenvalue weighted by molar-refractivity contribution is 7.19. The molecule has 0 unspecified atom stereocenters. The first-order chi connectivity index (χ1) is 16.3. The molecule has 0 aliphatic rings. The van der Waals surface area contributed by atoms with Gasteiger partial charge in [0.2, 0.25) is 0 Å². The van der Waals surface area contributed by atoms with Gasteiger partial charge in [0.25, 0.3) is 11.8 Å². The fourth-order valence-corrected chi connectivity index (χ4v) is 4.05. The molecule has 3 rings (SSSR count). The standard InChI is InChI=1S/C24H23N3O6S/c1-4-32-24(31)19-15(3)20(21(29)26-17-8-6-5-7-9-17)34-22(19)27-18(28)13-33-23(30)16-11-10-14(2)25-12-16/h5-12H,4,13H2,1-3H3,(H,26,29)(H,27,28). The minimum absolute atomic E-state index is 0.0764. The number of nitrogens with one attached hydrogen (secondary N) is 2. The van der Waals surface area contributed by atoms with E-state index < -0.39 is 30.4 Å². The number of aromatic nitrogens is 1. The average Bonchev–Trinajstić information content (AvgIpc) is 3.14. The molecule has 9 nitrogen and oxygen atoms in total. The number of carbonyl (C=O) groups is 4. The van der Waals surface area contributed by atoms with Gasteiger partial charge in [-0.25, -0.2) is 9.59 Å². The maximum Gasteiger partial charge on any atom is 0.341 e. The van der Waals surface area contributed by atoms with Gasteiger partial charge in [0.15, 0.2) is 6.61 Å². The van der Waals surface area contributed by atoms with Gasteiger partial charge in [0.05, 0.1) is 22.6 Å². The third-order valence-electron chi connectivity index (χ3n) is 4.60. The van der Waals surface area contributed by atoms with Crippen molar-refractivity contribution in [3.8, 4) is 0 Å². The first kappa shape index (κ1) is 24.6. The summed E-state index contributed by atoms with van der Waals surface area (Å²) in [5.41, 5.74) is 1.97. The van der Waals surface area contributed by atoms with E-state index in [0.29, 0.717) is 11.3 Å². The molecule has 2 N–H and O–H groups in total. The zero-order chi connectivity index (χ0) is 24.7. The first-order valence-corrected chi connectivity index (χ1v) is 11.2. The molecular weight excluding hydrogens is 458 g/mol. The molecule has 2 amide bonds. The molecule has 2 aromatic heterocycles. The highest BCUT2D eigenvalue weighted by Crippen LogP contribution is 2.34. The van der Waals surface area contributed by atoms with Crippen LogP contribution in [-0.2, 0) is 14.3 Å². The van der Waals surface area contributed by atoms with E-state index in [4.69, 9.17) is 9.47 Å². The third-order valence-corrected chi connectivity index (χ3v) is 5.80. The molecule has 1 aromatic carbocycles. The number of thiophene rings is 1. The van der Waals surface area contributed by atoms with Crippen molar-refractivity contribution < 1.29 is 28.7 Å². The Labute approximate surface area is 200 Å². The van der Waals surface area contributed by atoms with E-state index in [-0.39, 0.29) is 27.6 Å². The van der Waals surface area contributed by atoms with Gasteiger partial charge < -0.3 is 20.1 Å². The molecule has 176 valence electrons. The Hall–Kier alpha value is -4.05. The van der Waals surface area contributed by atoms with E-state index in [0.717, 1.165) is 17.0 Å². The number of benzene rings is 1. The van der Waals surface area contributed by atoms with Crippen LogP contribution in [0.2, 0.25) is 0 Å². The molecule has 0 aliphatic heterocycles. The summed E-state index contributed by atoms with van der Waals surface area (Å²) < 4.78 is 10.1. The lowest BCUT2D eigenvalue weighted by molar-refractivity contribution is -0.119. The van der Waals surface area contributed by atoms with Crippen molar-refractivity contribution >= 4 is 45.8 Å². The number of aryl methyl sites for hydroxylation is 1. The van der Waals surface area contributed by atoms with Crippen molar-refractivity contribution in [2.75, 3.05) is 23.8 Å². The second-order valence-electron chi connectivity index (χ2n) is 7.11. The van der Waals surface area contributed by atoms with Crippen molar-refractivity contribution in [1.29, 1.82) is 0 Å². The Morgan fingerprint density at radius 1 is 0.941 bits per heavy atom. The first-order valence-electron chi connectivity index (χ1n) is 10.4. The van der Waals surface area contributed by atoms with Crippen LogP contribution in [0.25, 0.3) is 0 Å². The number of amides is 2. The van der Waals surface area contributed by atoms with E-state index >= 15 is 0 Å². The van der Waals surface area contributed by atoms with Crippen molar-refractivity contribution in [1.82, 2.24) is 4.98 Å². The Bertz CT molecular complexity index is 1210. The lowest BCUT2D eigenvalue weighted by Gasteiger charge is -2.08. The zero-order valence-corrected chi connectivity index (χ0v) is 19.7. The molecule has 3 aromatic rings.